The molecular formula is C22H24N2O3. The summed E-state index contributed by atoms with van der Waals surface area (Å²) in [5.74, 6) is -0.157. The van der Waals surface area contributed by atoms with Crippen molar-refractivity contribution in [1.29, 1.82) is 0 Å². The largest absolute Gasteiger partial charge is 0.349 e. The number of fused-ring (bicyclic) bond motifs is 6. The number of rotatable bonds is 4. The molecule has 1 aromatic rings. The van der Waals surface area contributed by atoms with Gasteiger partial charge < -0.3 is 5.32 Å². The highest BCUT2D eigenvalue weighted by atomic mass is 16.2. The van der Waals surface area contributed by atoms with Crippen molar-refractivity contribution in [1.82, 2.24) is 10.2 Å². The summed E-state index contributed by atoms with van der Waals surface area (Å²) >= 11 is 0. The second-order valence-corrected chi connectivity index (χ2v) is 8.29. The Morgan fingerprint density at radius 1 is 1.07 bits per heavy atom. The van der Waals surface area contributed by atoms with Crippen LogP contribution in [0, 0.1) is 23.7 Å². The normalized spacial score (nSPS) is 33.3. The lowest BCUT2D eigenvalue weighted by Gasteiger charge is -2.26. The van der Waals surface area contributed by atoms with E-state index in [2.05, 4.69) is 29.6 Å². The zero-order valence-corrected chi connectivity index (χ0v) is 15.3. The van der Waals surface area contributed by atoms with Gasteiger partial charge in [0.15, 0.2) is 0 Å². The van der Waals surface area contributed by atoms with Crippen LogP contribution >= 0.6 is 0 Å². The van der Waals surface area contributed by atoms with Crippen molar-refractivity contribution in [2.75, 3.05) is 6.54 Å². The lowest BCUT2D eigenvalue weighted by molar-refractivity contribution is -0.141. The van der Waals surface area contributed by atoms with Gasteiger partial charge in [0, 0.05) is 13.0 Å². The van der Waals surface area contributed by atoms with Crippen LogP contribution in [0.3, 0.4) is 0 Å². The third kappa shape index (κ3) is 2.63. The smallest absolute Gasteiger partial charge is 0.233 e. The highest BCUT2D eigenvalue weighted by Gasteiger charge is 2.59. The summed E-state index contributed by atoms with van der Waals surface area (Å²) in [5, 5.41) is 3.11. The lowest BCUT2D eigenvalue weighted by Crippen LogP contribution is -2.38. The highest BCUT2D eigenvalue weighted by molar-refractivity contribution is 6.06. The first-order valence-corrected chi connectivity index (χ1v) is 10.0. The number of likely N-dealkylation sites (tertiary alicyclic amines) is 1. The van der Waals surface area contributed by atoms with Crippen molar-refractivity contribution in [3.8, 4) is 0 Å². The van der Waals surface area contributed by atoms with E-state index in [-0.39, 0.29) is 60.4 Å². The van der Waals surface area contributed by atoms with Gasteiger partial charge in [0.25, 0.3) is 0 Å². The average molecular weight is 364 g/mol. The van der Waals surface area contributed by atoms with Crippen molar-refractivity contribution in [2.45, 2.75) is 38.1 Å². The maximum Gasteiger partial charge on any atom is 0.233 e. The predicted molar refractivity (Wildman–Crippen MR) is 99.3 cm³/mol. The SMILES string of the molecule is O=C(CCN1C(=O)[C@H]2[C@H](C1=O)[C@H]1C=C[C@H]2C1)N[C@@H]1CCCc2ccccc21. The van der Waals surface area contributed by atoms with Crippen LogP contribution in [0.1, 0.15) is 42.9 Å². The minimum atomic E-state index is -0.180. The Labute approximate surface area is 158 Å². The van der Waals surface area contributed by atoms with Crippen molar-refractivity contribution in [3.63, 3.8) is 0 Å². The molecule has 2 fully saturated rings. The number of hydrogen-bond acceptors (Lipinski definition) is 3. The first kappa shape index (κ1) is 16.7. The second kappa shape index (κ2) is 6.32. The molecule has 140 valence electrons. The number of nitrogens with zero attached hydrogens (tertiary/aromatic N) is 1. The molecule has 4 aliphatic rings. The predicted octanol–water partition coefficient (Wildman–Crippen LogP) is 2.38. The fourth-order valence-corrected chi connectivity index (χ4v) is 5.57. The molecule has 5 nitrogen and oxygen atoms in total. The van der Waals surface area contributed by atoms with Crippen molar-refractivity contribution in [3.05, 3.63) is 47.5 Å². The Balaban J connectivity index is 1.21. The number of nitrogens with one attached hydrogen (secondary N) is 1. The van der Waals surface area contributed by atoms with Crippen molar-refractivity contribution in [2.24, 2.45) is 23.7 Å². The fourth-order valence-electron chi connectivity index (χ4n) is 5.57. The van der Waals surface area contributed by atoms with E-state index >= 15 is 0 Å². The van der Waals surface area contributed by atoms with Gasteiger partial charge in [-0.3, -0.25) is 19.3 Å². The van der Waals surface area contributed by atoms with Crippen LogP contribution in [0.15, 0.2) is 36.4 Å². The van der Waals surface area contributed by atoms with Gasteiger partial charge >= 0.3 is 0 Å². The summed E-state index contributed by atoms with van der Waals surface area (Å²) in [6.07, 6.45) is 8.34. The Hall–Kier alpha value is -2.43. The second-order valence-electron chi connectivity index (χ2n) is 8.29. The quantitative estimate of drug-likeness (QED) is 0.659. The van der Waals surface area contributed by atoms with Crippen molar-refractivity contribution >= 4 is 17.7 Å². The first-order valence-electron chi connectivity index (χ1n) is 10.0. The number of allylic oxidation sites excluding steroid dienone is 2. The molecule has 5 rings (SSSR count). The topological polar surface area (TPSA) is 66.5 Å². The van der Waals surface area contributed by atoms with E-state index in [0.29, 0.717) is 0 Å². The van der Waals surface area contributed by atoms with Gasteiger partial charge in [-0.05, 0) is 48.6 Å². The van der Waals surface area contributed by atoms with Gasteiger partial charge in [-0.15, -0.1) is 0 Å². The van der Waals surface area contributed by atoms with Gasteiger partial charge in [-0.1, -0.05) is 36.4 Å². The lowest BCUT2D eigenvalue weighted by atomic mass is 9.85. The summed E-state index contributed by atoms with van der Waals surface area (Å²) in [6, 6.07) is 8.28. The molecule has 1 saturated heterocycles. The third-order valence-electron chi connectivity index (χ3n) is 6.83. The summed E-state index contributed by atoms with van der Waals surface area (Å²) in [5.41, 5.74) is 2.50. The number of benzene rings is 1. The molecular weight excluding hydrogens is 340 g/mol. The summed E-state index contributed by atoms with van der Waals surface area (Å²) in [4.78, 5) is 39.2. The average Bonchev–Trinajstić information content (AvgIpc) is 3.35. The molecule has 0 unspecified atom stereocenters. The summed E-state index contributed by atoms with van der Waals surface area (Å²) in [7, 11) is 0. The van der Waals surface area contributed by atoms with E-state index in [0.717, 1.165) is 25.7 Å². The van der Waals surface area contributed by atoms with E-state index < -0.39 is 0 Å². The van der Waals surface area contributed by atoms with E-state index in [9.17, 15) is 14.4 Å². The van der Waals surface area contributed by atoms with Gasteiger partial charge in [-0.2, -0.15) is 0 Å². The summed E-state index contributed by atoms with van der Waals surface area (Å²) in [6.45, 7) is 0.199. The molecule has 0 aromatic heterocycles. The Morgan fingerprint density at radius 3 is 2.52 bits per heavy atom. The van der Waals surface area contributed by atoms with E-state index in [1.807, 2.05) is 12.1 Å². The molecule has 0 radical (unpaired) electrons. The number of amides is 3. The van der Waals surface area contributed by atoms with Crippen LogP contribution < -0.4 is 5.32 Å². The minimum Gasteiger partial charge on any atom is -0.349 e. The van der Waals surface area contributed by atoms with Gasteiger partial charge in [0.2, 0.25) is 17.7 Å². The maximum atomic E-state index is 12.7. The molecule has 3 amide bonds. The van der Waals surface area contributed by atoms with E-state index in [1.54, 1.807) is 0 Å². The molecule has 1 heterocycles. The molecule has 3 aliphatic carbocycles. The molecule has 0 spiro atoms. The molecule has 1 aromatic carbocycles. The third-order valence-corrected chi connectivity index (χ3v) is 6.83. The van der Waals surface area contributed by atoms with Crippen LogP contribution in [0.25, 0.3) is 0 Å². The van der Waals surface area contributed by atoms with Crippen LogP contribution in [0.5, 0.6) is 0 Å². The minimum absolute atomic E-state index is 0.0341. The van der Waals surface area contributed by atoms with E-state index in [4.69, 9.17) is 0 Å². The van der Waals surface area contributed by atoms with Gasteiger partial charge in [0.05, 0.1) is 17.9 Å². The molecule has 1 aliphatic heterocycles. The van der Waals surface area contributed by atoms with Crippen LogP contribution in [-0.4, -0.2) is 29.2 Å². The molecule has 27 heavy (non-hydrogen) atoms. The van der Waals surface area contributed by atoms with Crippen molar-refractivity contribution < 1.29 is 14.4 Å². The zero-order valence-electron chi connectivity index (χ0n) is 15.3. The van der Waals surface area contributed by atoms with E-state index in [1.165, 1.54) is 16.0 Å². The zero-order chi connectivity index (χ0) is 18.5. The number of aryl methyl sites for hydroxylation is 1. The highest BCUT2D eigenvalue weighted by Crippen LogP contribution is 2.52. The molecule has 1 saturated carbocycles. The molecule has 5 heteroatoms. The Bertz CT molecular complexity index is 816. The molecule has 2 bridgehead atoms. The molecule has 5 atom stereocenters. The van der Waals surface area contributed by atoms with Crippen LogP contribution in [0.2, 0.25) is 0 Å². The van der Waals surface area contributed by atoms with Crippen LogP contribution in [-0.2, 0) is 20.8 Å². The molecule has 1 N–H and O–H groups in total. The van der Waals surface area contributed by atoms with Crippen LogP contribution in [0.4, 0.5) is 0 Å². The standard InChI is InChI=1S/C22H24N2O3/c25-18(23-17-7-3-5-13-4-1-2-6-16(13)17)10-11-24-21(26)19-14-8-9-15(12-14)20(19)22(24)27/h1-2,4,6,8-9,14-15,17,19-20H,3,5,7,10-12H2,(H,23,25)/t14-,15-,17+,19+,20+/m0/s1. The fraction of sp³-hybridized carbons (Fsp3) is 0.500. The van der Waals surface area contributed by atoms with Gasteiger partial charge in [-0.25, -0.2) is 0 Å². The maximum absolute atomic E-state index is 12.7. The summed E-state index contributed by atoms with van der Waals surface area (Å²) < 4.78 is 0. The number of carbonyl (C=O) groups is 3. The Kier molecular flexibility index (Phi) is 3.92. The van der Waals surface area contributed by atoms with Gasteiger partial charge in [0.1, 0.15) is 0 Å². The first-order chi connectivity index (χ1) is 13.1. The number of carbonyl (C=O) groups excluding carboxylic acids is 3. The Morgan fingerprint density at radius 2 is 1.78 bits per heavy atom. The monoisotopic (exact) mass is 364 g/mol. The number of hydrogen-bond donors (Lipinski definition) is 1. The number of imide groups is 1.